The molecule has 2 heterocycles. The highest BCUT2D eigenvalue weighted by molar-refractivity contribution is 6.12. The summed E-state index contributed by atoms with van der Waals surface area (Å²) < 4.78 is 6.59. The summed E-state index contributed by atoms with van der Waals surface area (Å²) in [6.45, 7) is 2.23. The van der Waals surface area contributed by atoms with Gasteiger partial charge in [0.1, 0.15) is 11.2 Å². The van der Waals surface area contributed by atoms with Crippen LogP contribution in [0.15, 0.2) is 193 Å². The molecule has 0 aliphatic heterocycles. The van der Waals surface area contributed by atoms with Gasteiger partial charge in [0.2, 0.25) is 0 Å². The van der Waals surface area contributed by atoms with Crippen molar-refractivity contribution in [2.24, 2.45) is 5.92 Å². The fraction of sp³-hybridized carbons (Fsp3) is 0.0556. The first-order valence-corrected chi connectivity index (χ1v) is 19.9. The summed E-state index contributed by atoms with van der Waals surface area (Å²) in [6, 6.07) is 60.0. The van der Waals surface area contributed by atoms with Crippen LogP contribution >= 0.6 is 0 Å². The number of allylic oxidation sites excluding steroid dienone is 4. The van der Waals surface area contributed by atoms with E-state index in [1.807, 2.05) is 12.1 Å². The number of rotatable bonds is 6. The van der Waals surface area contributed by atoms with Gasteiger partial charge in [-0.3, -0.25) is 0 Å². The largest absolute Gasteiger partial charge is 0.456 e. The van der Waals surface area contributed by atoms with E-state index in [0.29, 0.717) is 23.4 Å². The molecule has 0 N–H and O–H groups in total. The van der Waals surface area contributed by atoms with Crippen LogP contribution in [-0.4, -0.2) is 15.0 Å². The highest BCUT2D eigenvalue weighted by atomic mass is 16.3. The number of hydrogen-bond acceptors (Lipinski definition) is 4. The van der Waals surface area contributed by atoms with Crippen molar-refractivity contribution < 1.29 is 4.42 Å². The molecule has 2 aromatic heterocycles. The Morgan fingerprint density at radius 3 is 2.03 bits per heavy atom. The van der Waals surface area contributed by atoms with E-state index in [9.17, 15) is 0 Å². The van der Waals surface area contributed by atoms with Gasteiger partial charge < -0.3 is 4.42 Å². The van der Waals surface area contributed by atoms with E-state index in [2.05, 4.69) is 183 Å². The smallest absolute Gasteiger partial charge is 0.164 e. The number of aromatic nitrogens is 3. The molecule has 1 atom stereocenters. The third-order valence-electron chi connectivity index (χ3n) is 11.5. The average molecular weight is 744 g/mol. The highest BCUT2D eigenvalue weighted by Crippen LogP contribution is 2.41. The Hall–Kier alpha value is -7.43. The summed E-state index contributed by atoms with van der Waals surface area (Å²) in [5.41, 5.74) is 11.3. The summed E-state index contributed by atoms with van der Waals surface area (Å²) in [4.78, 5) is 15.7. The monoisotopic (exact) mass is 743 g/mol. The average Bonchev–Trinajstić information content (AvgIpc) is 3.67. The first-order chi connectivity index (χ1) is 28.6. The molecule has 0 radical (unpaired) electrons. The lowest BCUT2D eigenvalue weighted by atomic mass is 9.90. The Morgan fingerprint density at radius 2 is 1.16 bits per heavy atom. The molecule has 274 valence electrons. The first-order valence-electron chi connectivity index (χ1n) is 19.9. The molecule has 1 unspecified atom stereocenters. The standard InChI is InChI=1S/C54H37N3O/c1-34-21-23-38(24-22-34)52-55-53(42-28-29-45(48(32-42)37-12-3-2-4-13-37)44-18-9-16-36-14-7-8-17-43(36)44)57-54(56-52)47-19-10-20-49-51(47)46-30-27-41(33-50(46)58-49)40-26-25-35-11-5-6-15-39(35)31-40/h2-21,23-34H,22H2,1H3. The van der Waals surface area contributed by atoms with Crippen LogP contribution in [0.25, 0.3) is 105 Å². The summed E-state index contributed by atoms with van der Waals surface area (Å²) in [5, 5.41) is 6.88. The summed E-state index contributed by atoms with van der Waals surface area (Å²) >= 11 is 0. The minimum absolute atomic E-state index is 0.463. The number of nitrogens with zero attached hydrogens (tertiary/aromatic N) is 3. The molecule has 0 bridgehead atoms. The Morgan fingerprint density at radius 1 is 0.448 bits per heavy atom. The van der Waals surface area contributed by atoms with Crippen molar-refractivity contribution in [3.63, 3.8) is 0 Å². The van der Waals surface area contributed by atoms with E-state index >= 15 is 0 Å². The van der Waals surface area contributed by atoms with E-state index in [1.165, 1.54) is 27.1 Å². The molecular formula is C54H37N3O. The van der Waals surface area contributed by atoms with E-state index in [0.717, 1.165) is 72.9 Å². The van der Waals surface area contributed by atoms with Crippen LogP contribution in [0.5, 0.6) is 0 Å². The van der Waals surface area contributed by atoms with Crippen LogP contribution in [0.4, 0.5) is 0 Å². The first kappa shape index (κ1) is 33.9. The summed E-state index contributed by atoms with van der Waals surface area (Å²) in [5.74, 6) is 2.35. The Labute approximate surface area is 336 Å². The van der Waals surface area contributed by atoms with E-state index in [4.69, 9.17) is 19.4 Å². The van der Waals surface area contributed by atoms with Crippen LogP contribution in [-0.2, 0) is 0 Å². The van der Waals surface area contributed by atoms with Gasteiger partial charge in [0.25, 0.3) is 0 Å². The number of benzene rings is 8. The number of hydrogen-bond donors (Lipinski definition) is 0. The predicted octanol–water partition coefficient (Wildman–Crippen LogP) is 14.4. The molecule has 0 saturated heterocycles. The molecule has 11 rings (SSSR count). The van der Waals surface area contributed by atoms with Gasteiger partial charge in [-0.05, 0) is 97.6 Å². The fourth-order valence-corrected chi connectivity index (χ4v) is 8.44. The maximum Gasteiger partial charge on any atom is 0.164 e. The zero-order chi connectivity index (χ0) is 38.6. The molecule has 58 heavy (non-hydrogen) atoms. The van der Waals surface area contributed by atoms with Crippen molar-refractivity contribution in [3.05, 3.63) is 194 Å². The lowest BCUT2D eigenvalue weighted by Gasteiger charge is -2.16. The van der Waals surface area contributed by atoms with Crippen molar-refractivity contribution in [2.45, 2.75) is 13.3 Å². The highest BCUT2D eigenvalue weighted by Gasteiger charge is 2.21. The van der Waals surface area contributed by atoms with Gasteiger partial charge in [0.15, 0.2) is 17.5 Å². The molecule has 8 aromatic carbocycles. The molecular weight excluding hydrogens is 707 g/mol. The second kappa shape index (κ2) is 13.9. The molecule has 1 aliphatic rings. The number of furan rings is 1. The lowest BCUT2D eigenvalue weighted by Crippen LogP contribution is -2.04. The van der Waals surface area contributed by atoms with E-state index in [1.54, 1.807) is 0 Å². The van der Waals surface area contributed by atoms with Crippen LogP contribution in [0.2, 0.25) is 0 Å². The summed E-state index contributed by atoms with van der Waals surface area (Å²) in [6.07, 6.45) is 7.57. The van der Waals surface area contributed by atoms with Crippen molar-refractivity contribution >= 4 is 49.1 Å². The quantitative estimate of drug-likeness (QED) is 0.170. The van der Waals surface area contributed by atoms with Crippen LogP contribution < -0.4 is 0 Å². The van der Waals surface area contributed by atoms with Crippen molar-refractivity contribution in [3.8, 4) is 56.2 Å². The van der Waals surface area contributed by atoms with Crippen molar-refractivity contribution in [1.82, 2.24) is 15.0 Å². The topological polar surface area (TPSA) is 51.8 Å². The second-order valence-corrected chi connectivity index (χ2v) is 15.2. The molecule has 4 heteroatoms. The molecule has 0 amide bonds. The third kappa shape index (κ3) is 5.98. The minimum Gasteiger partial charge on any atom is -0.456 e. The molecule has 1 aliphatic carbocycles. The Kier molecular flexibility index (Phi) is 8.14. The molecule has 0 spiro atoms. The van der Waals surface area contributed by atoms with Crippen LogP contribution in [0, 0.1) is 5.92 Å². The predicted molar refractivity (Wildman–Crippen MR) is 240 cm³/mol. The normalized spacial score (nSPS) is 14.1. The van der Waals surface area contributed by atoms with E-state index in [-0.39, 0.29) is 0 Å². The van der Waals surface area contributed by atoms with Gasteiger partial charge in [-0.25, -0.2) is 15.0 Å². The van der Waals surface area contributed by atoms with Gasteiger partial charge >= 0.3 is 0 Å². The maximum atomic E-state index is 6.59. The van der Waals surface area contributed by atoms with Crippen LogP contribution in [0.1, 0.15) is 19.2 Å². The zero-order valence-corrected chi connectivity index (χ0v) is 31.9. The SMILES string of the molecule is CC1C=CC(c2nc(-c3ccc(-c4cccc5ccccc45)c(-c4ccccc4)c3)nc(-c3cccc4oc5cc(-c6ccc7ccccc7c6)ccc5c34)n2)=CC1. The fourth-order valence-electron chi connectivity index (χ4n) is 8.44. The van der Waals surface area contributed by atoms with Gasteiger partial charge in [0.05, 0.1) is 0 Å². The number of fused-ring (bicyclic) bond motifs is 5. The molecule has 4 nitrogen and oxygen atoms in total. The molecule has 0 saturated carbocycles. The second-order valence-electron chi connectivity index (χ2n) is 15.2. The van der Waals surface area contributed by atoms with Gasteiger partial charge in [-0.2, -0.15) is 0 Å². The van der Waals surface area contributed by atoms with E-state index < -0.39 is 0 Å². The summed E-state index contributed by atoms with van der Waals surface area (Å²) in [7, 11) is 0. The van der Waals surface area contributed by atoms with Crippen molar-refractivity contribution in [2.75, 3.05) is 0 Å². The molecule has 10 aromatic rings. The zero-order valence-electron chi connectivity index (χ0n) is 31.9. The van der Waals surface area contributed by atoms with Gasteiger partial charge in [-0.1, -0.05) is 165 Å². The lowest BCUT2D eigenvalue weighted by molar-refractivity contribution is 0.669. The Bertz CT molecular complexity index is 3280. The van der Waals surface area contributed by atoms with Gasteiger partial charge in [0, 0.05) is 27.5 Å². The van der Waals surface area contributed by atoms with Gasteiger partial charge in [-0.15, -0.1) is 0 Å². The van der Waals surface area contributed by atoms with Crippen LogP contribution in [0.3, 0.4) is 0 Å². The maximum absolute atomic E-state index is 6.59. The minimum atomic E-state index is 0.463. The molecule has 0 fully saturated rings. The Balaban J connectivity index is 1.09. The van der Waals surface area contributed by atoms with Crippen molar-refractivity contribution in [1.29, 1.82) is 0 Å². The third-order valence-corrected chi connectivity index (χ3v) is 11.5.